The van der Waals surface area contributed by atoms with Gasteiger partial charge in [-0.2, -0.15) is 0 Å². The van der Waals surface area contributed by atoms with E-state index in [1.54, 1.807) is 0 Å². The maximum atomic E-state index is 6.15. The van der Waals surface area contributed by atoms with Crippen LogP contribution in [0.2, 0.25) is 0 Å². The lowest BCUT2D eigenvalue weighted by atomic mass is 9.93. The van der Waals surface area contributed by atoms with Crippen molar-refractivity contribution >= 4 is 16.5 Å². The molecule has 0 bridgehead atoms. The number of fused-ring (bicyclic) bond motifs is 1. The Kier molecular flexibility index (Phi) is 2.39. The van der Waals surface area contributed by atoms with Crippen molar-refractivity contribution in [2.45, 2.75) is 26.7 Å². The molecule has 0 spiro atoms. The predicted octanol–water partition coefficient (Wildman–Crippen LogP) is 3.85. The Hall–Kier alpha value is -1.50. The molecule has 0 aliphatic carbocycles. The van der Waals surface area contributed by atoms with Crippen LogP contribution in [-0.2, 0) is 0 Å². The second kappa shape index (κ2) is 3.58. The molecule has 0 aliphatic heterocycles. The molecule has 2 aromatic carbocycles. The normalized spacial score (nSPS) is 11.2. The van der Waals surface area contributed by atoms with Crippen LogP contribution >= 0.6 is 0 Å². The molecule has 1 heteroatoms. The number of hydrogen-bond acceptors (Lipinski definition) is 1. The third kappa shape index (κ3) is 1.58. The van der Waals surface area contributed by atoms with Gasteiger partial charge in [0.15, 0.2) is 0 Å². The average Bonchev–Trinajstić information content (AvgIpc) is 2.23. The predicted molar refractivity (Wildman–Crippen MR) is 67.2 cm³/mol. The molecule has 15 heavy (non-hydrogen) atoms. The highest BCUT2D eigenvalue weighted by Gasteiger charge is 2.09. The number of nitrogen functional groups attached to an aromatic ring is 1. The highest BCUT2D eigenvalue weighted by Crippen LogP contribution is 2.31. The van der Waals surface area contributed by atoms with Crippen molar-refractivity contribution in [3.63, 3.8) is 0 Å². The summed E-state index contributed by atoms with van der Waals surface area (Å²) in [6.07, 6.45) is 0. The summed E-state index contributed by atoms with van der Waals surface area (Å²) in [6.45, 7) is 6.46. The topological polar surface area (TPSA) is 26.0 Å². The first kappa shape index (κ1) is 10.0. The van der Waals surface area contributed by atoms with E-state index >= 15 is 0 Å². The van der Waals surface area contributed by atoms with Gasteiger partial charge in [-0.15, -0.1) is 0 Å². The lowest BCUT2D eigenvalue weighted by molar-refractivity contribution is 0.870. The number of hydrogen-bond donors (Lipinski definition) is 1. The Morgan fingerprint density at radius 1 is 1.13 bits per heavy atom. The minimum absolute atomic E-state index is 0.480. The van der Waals surface area contributed by atoms with Crippen LogP contribution in [0.15, 0.2) is 30.3 Å². The van der Waals surface area contributed by atoms with E-state index < -0.39 is 0 Å². The first-order chi connectivity index (χ1) is 7.11. The quantitative estimate of drug-likeness (QED) is 0.693. The molecule has 0 unspecified atom stereocenters. The van der Waals surface area contributed by atoms with Crippen LogP contribution in [-0.4, -0.2) is 0 Å². The molecule has 0 aliphatic rings. The minimum atomic E-state index is 0.480. The van der Waals surface area contributed by atoms with Crippen LogP contribution in [0.5, 0.6) is 0 Å². The van der Waals surface area contributed by atoms with E-state index in [1.807, 2.05) is 0 Å². The lowest BCUT2D eigenvalue weighted by Crippen LogP contribution is -1.99. The standard InChI is InChI=1S/C14H17N/c1-9(2)13-8-11-6-4-5-7-12(11)10(3)14(13)15/h4-9H,15H2,1-3H3. The van der Waals surface area contributed by atoms with Gasteiger partial charge in [0, 0.05) is 5.69 Å². The van der Waals surface area contributed by atoms with E-state index in [-0.39, 0.29) is 0 Å². The lowest BCUT2D eigenvalue weighted by Gasteiger charge is -2.14. The summed E-state index contributed by atoms with van der Waals surface area (Å²) in [5.74, 6) is 0.480. The molecule has 2 N–H and O–H groups in total. The summed E-state index contributed by atoms with van der Waals surface area (Å²) in [6, 6.07) is 10.6. The van der Waals surface area contributed by atoms with Crippen molar-refractivity contribution in [1.82, 2.24) is 0 Å². The molecule has 0 amide bonds. The van der Waals surface area contributed by atoms with E-state index in [4.69, 9.17) is 5.73 Å². The monoisotopic (exact) mass is 199 g/mol. The average molecular weight is 199 g/mol. The molecule has 2 aromatic rings. The van der Waals surface area contributed by atoms with Gasteiger partial charge >= 0.3 is 0 Å². The van der Waals surface area contributed by atoms with Gasteiger partial charge in [-0.25, -0.2) is 0 Å². The molecule has 78 valence electrons. The van der Waals surface area contributed by atoms with Crippen LogP contribution in [0, 0.1) is 6.92 Å². The number of benzene rings is 2. The molecule has 0 radical (unpaired) electrons. The van der Waals surface area contributed by atoms with Crippen molar-refractivity contribution in [2.75, 3.05) is 5.73 Å². The minimum Gasteiger partial charge on any atom is -0.398 e. The number of nitrogens with two attached hydrogens (primary N) is 1. The fourth-order valence-corrected chi connectivity index (χ4v) is 2.05. The number of rotatable bonds is 1. The summed E-state index contributed by atoms with van der Waals surface area (Å²) in [4.78, 5) is 0. The molecular formula is C14H17N. The van der Waals surface area contributed by atoms with Gasteiger partial charge in [0.1, 0.15) is 0 Å². The highest BCUT2D eigenvalue weighted by molar-refractivity contribution is 5.91. The Labute approximate surface area is 90.9 Å². The third-order valence-electron chi connectivity index (χ3n) is 3.01. The van der Waals surface area contributed by atoms with E-state index in [9.17, 15) is 0 Å². The van der Waals surface area contributed by atoms with Gasteiger partial charge in [-0.1, -0.05) is 38.1 Å². The molecule has 0 fully saturated rings. The summed E-state index contributed by atoms with van der Waals surface area (Å²) in [7, 11) is 0. The maximum absolute atomic E-state index is 6.15. The molecule has 2 rings (SSSR count). The molecule has 0 saturated heterocycles. The van der Waals surface area contributed by atoms with Crippen LogP contribution in [0.3, 0.4) is 0 Å². The molecule has 1 nitrogen and oxygen atoms in total. The zero-order chi connectivity index (χ0) is 11.0. The Morgan fingerprint density at radius 3 is 2.47 bits per heavy atom. The molecule has 0 heterocycles. The van der Waals surface area contributed by atoms with E-state index in [2.05, 4.69) is 51.1 Å². The van der Waals surface area contributed by atoms with Gasteiger partial charge in [-0.05, 0) is 40.8 Å². The Morgan fingerprint density at radius 2 is 1.80 bits per heavy atom. The van der Waals surface area contributed by atoms with E-state index in [0.29, 0.717) is 5.92 Å². The van der Waals surface area contributed by atoms with E-state index in [1.165, 1.54) is 21.9 Å². The van der Waals surface area contributed by atoms with Crippen molar-refractivity contribution in [2.24, 2.45) is 0 Å². The van der Waals surface area contributed by atoms with Gasteiger partial charge < -0.3 is 5.73 Å². The van der Waals surface area contributed by atoms with Gasteiger partial charge in [0.2, 0.25) is 0 Å². The number of aryl methyl sites for hydroxylation is 1. The molecule has 0 aromatic heterocycles. The van der Waals surface area contributed by atoms with Gasteiger partial charge in [-0.3, -0.25) is 0 Å². The zero-order valence-corrected chi connectivity index (χ0v) is 9.54. The highest BCUT2D eigenvalue weighted by atomic mass is 14.6. The van der Waals surface area contributed by atoms with Crippen LogP contribution < -0.4 is 5.73 Å². The first-order valence-electron chi connectivity index (χ1n) is 5.39. The Bertz CT molecular complexity index is 498. The van der Waals surface area contributed by atoms with Crippen LogP contribution in [0.1, 0.15) is 30.9 Å². The van der Waals surface area contributed by atoms with Gasteiger partial charge in [0.25, 0.3) is 0 Å². The second-order valence-corrected chi connectivity index (χ2v) is 4.38. The SMILES string of the molecule is Cc1c(N)c(C(C)C)cc2ccccc12. The molecular weight excluding hydrogens is 182 g/mol. The van der Waals surface area contributed by atoms with Crippen LogP contribution in [0.4, 0.5) is 5.69 Å². The van der Waals surface area contributed by atoms with Crippen LogP contribution in [0.25, 0.3) is 10.8 Å². The van der Waals surface area contributed by atoms with Gasteiger partial charge in [0.05, 0.1) is 0 Å². The Balaban J connectivity index is 2.82. The van der Waals surface area contributed by atoms with Crippen molar-refractivity contribution in [1.29, 1.82) is 0 Å². The largest absolute Gasteiger partial charge is 0.398 e. The summed E-state index contributed by atoms with van der Waals surface area (Å²) < 4.78 is 0. The smallest absolute Gasteiger partial charge is 0.0385 e. The first-order valence-corrected chi connectivity index (χ1v) is 5.39. The summed E-state index contributed by atoms with van der Waals surface area (Å²) in [5, 5.41) is 2.55. The van der Waals surface area contributed by atoms with E-state index in [0.717, 1.165) is 5.69 Å². The zero-order valence-electron chi connectivity index (χ0n) is 9.54. The summed E-state index contributed by atoms with van der Waals surface area (Å²) >= 11 is 0. The third-order valence-corrected chi connectivity index (χ3v) is 3.01. The van der Waals surface area contributed by atoms with Crippen molar-refractivity contribution in [3.05, 3.63) is 41.5 Å². The summed E-state index contributed by atoms with van der Waals surface area (Å²) in [5.41, 5.74) is 9.56. The maximum Gasteiger partial charge on any atom is 0.0385 e. The fraction of sp³-hybridized carbons (Fsp3) is 0.286. The number of anilines is 1. The van der Waals surface area contributed by atoms with Crippen molar-refractivity contribution in [3.8, 4) is 0 Å². The van der Waals surface area contributed by atoms with Crippen molar-refractivity contribution < 1.29 is 0 Å². The molecule has 0 atom stereocenters. The second-order valence-electron chi connectivity index (χ2n) is 4.38. The molecule has 0 saturated carbocycles. The fourth-order valence-electron chi connectivity index (χ4n) is 2.05.